The number of para-hydroxylation sites is 1. The second-order valence-electron chi connectivity index (χ2n) is 4.07. The summed E-state index contributed by atoms with van der Waals surface area (Å²) in [6, 6.07) is 9.64. The van der Waals surface area contributed by atoms with Crippen LogP contribution in [0.3, 0.4) is 0 Å². The number of hydrogen-bond acceptors (Lipinski definition) is 2. The maximum absolute atomic E-state index is 12.3. The number of ether oxygens (including phenoxy) is 1. The molecule has 0 N–H and O–H groups in total. The molecule has 1 heterocycles. The number of hydrogen-bond donors (Lipinski definition) is 0. The Balaban J connectivity index is 2.16. The van der Waals surface area contributed by atoms with E-state index in [1.807, 2.05) is 30.3 Å². The SMILES string of the molecule is C=CCN(C(=O)C1CCCO1)c1ccccc1. The molecule has 1 unspecified atom stereocenters. The van der Waals surface area contributed by atoms with Crippen LogP contribution >= 0.6 is 0 Å². The first kappa shape index (κ1) is 11.9. The molecule has 2 rings (SSSR count). The van der Waals surface area contributed by atoms with Gasteiger partial charge in [-0.15, -0.1) is 6.58 Å². The number of rotatable bonds is 4. The van der Waals surface area contributed by atoms with Gasteiger partial charge < -0.3 is 9.64 Å². The minimum absolute atomic E-state index is 0.0357. The van der Waals surface area contributed by atoms with E-state index < -0.39 is 0 Å². The van der Waals surface area contributed by atoms with Crippen molar-refractivity contribution in [1.82, 2.24) is 0 Å². The standard InChI is InChI=1S/C14H17NO2/c1-2-10-15(12-7-4-3-5-8-12)14(16)13-9-6-11-17-13/h2-5,7-8,13H,1,6,9-11H2. The van der Waals surface area contributed by atoms with Crippen LogP contribution < -0.4 is 4.90 Å². The summed E-state index contributed by atoms with van der Waals surface area (Å²) in [6.45, 7) is 4.90. The van der Waals surface area contributed by atoms with Crippen LogP contribution in [0.15, 0.2) is 43.0 Å². The van der Waals surface area contributed by atoms with E-state index in [4.69, 9.17) is 4.74 Å². The molecule has 0 aromatic heterocycles. The lowest BCUT2D eigenvalue weighted by Crippen LogP contribution is -2.39. The van der Waals surface area contributed by atoms with Crippen LogP contribution in [-0.2, 0) is 9.53 Å². The Kier molecular flexibility index (Phi) is 3.94. The van der Waals surface area contributed by atoms with Crippen molar-refractivity contribution in [3.63, 3.8) is 0 Å². The summed E-state index contributed by atoms with van der Waals surface area (Å²) in [5, 5.41) is 0. The zero-order valence-electron chi connectivity index (χ0n) is 9.84. The molecule has 1 fully saturated rings. The van der Waals surface area contributed by atoms with Gasteiger partial charge in [-0.2, -0.15) is 0 Å². The van der Waals surface area contributed by atoms with E-state index in [-0.39, 0.29) is 12.0 Å². The zero-order valence-corrected chi connectivity index (χ0v) is 9.84. The Morgan fingerprint density at radius 3 is 2.82 bits per heavy atom. The fourth-order valence-electron chi connectivity index (χ4n) is 2.01. The minimum atomic E-state index is -0.282. The van der Waals surface area contributed by atoms with Crippen LogP contribution in [0.1, 0.15) is 12.8 Å². The van der Waals surface area contributed by atoms with Gasteiger partial charge in [-0.05, 0) is 25.0 Å². The van der Waals surface area contributed by atoms with E-state index in [1.165, 1.54) is 0 Å². The molecule has 0 spiro atoms. The van der Waals surface area contributed by atoms with Crippen molar-refractivity contribution >= 4 is 11.6 Å². The van der Waals surface area contributed by atoms with Crippen molar-refractivity contribution in [2.75, 3.05) is 18.1 Å². The highest BCUT2D eigenvalue weighted by molar-refractivity contribution is 5.96. The predicted octanol–water partition coefficient (Wildman–Crippen LogP) is 2.38. The highest BCUT2D eigenvalue weighted by Crippen LogP contribution is 2.20. The molecule has 0 saturated carbocycles. The lowest BCUT2D eigenvalue weighted by Gasteiger charge is -2.24. The number of anilines is 1. The van der Waals surface area contributed by atoms with Crippen LogP contribution in [0.2, 0.25) is 0 Å². The molecule has 90 valence electrons. The van der Waals surface area contributed by atoms with E-state index in [9.17, 15) is 4.79 Å². The van der Waals surface area contributed by atoms with Gasteiger partial charge in [-0.3, -0.25) is 4.79 Å². The molecule has 1 aliphatic rings. The van der Waals surface area contributed by atoms with Crippen molar-refractivity contribution in [3.8, 4) is 0 Å². The molecule has 1 aliphatic heterocycles. The molecule has 0 aliphatic carbocycles. The van der Waals surface area contributed by atoms with Crippen molar-refractivity contribution in [3.05, 3.63) is 43.0 Å². The fraction of sp³-hybridized carbons (Fsp3) is 0.357. The first-order valence-corrected chi connectivity index (χ1v) is 5.92. The van der Waals surface area contributed by atoms with Gasteiger partial charge in [-0.1, -0.05) is 24.3 Å². The Bertz CT molecular complexity index is 382. The second-order valence-corrected chi connectivity index (χ2v) is 4.07. The number of carbonyl (C=O) groups is 1. The van der Waals surface area contributed by atoms with Gasteiger partial charge in [0.15, 0.2) is 0 Å². The summed E-state index contributed by atoms with van der Waals surface area (Å²) in [5.74, 6) is 0.0357. The van der Waals surface area contributed by atoms with Crippen LogP contribution in [-0.4, -0.2) is 25.2 Å². The average molecular weight is 231 g/mol. The Hall–Kier alpha value is -1.61. The molecule has 0 bridgehead atoms. The minimum Gasteiger partial charge on any atom is -0.368 e. The average Bonchev–Trinajstić information content (AvgIpc) is 2.90. The summed E-state index contributed by atoms with van der Waals surface area (Å²) < 4.78 is 5.44. The highest BCUT2D eigenvalue weighted by atomic mass is 16.5. The van der Waals surface area contributed by atoms with Gasteiger partial charge in [0.25, 0.3) is 5.91 Å². The van der Waals surface area contributed by atoms with Crippen molar-refractivity contribution in [1.29, 1.82) is 0 Å². The third kappa shape index (κ3) is 2.74. The predicted molar refractivity (Wildman–Crippen MR) is 68.0 cm³/mol. The van der Waals surface area contributed by atoms with E-state index in [0.717, 1.165) is 18.5 Å². The van der Waals surface area contributed by atoms with Crippen LogP contribution in [0.4, 0.5) is 5.69 Å². The van der Waals surface area contributed by atoms with Crippen molar-refractivity contribution in [2.45, 2.75) is 18.9 Å². The van der Waals surface area contributed by atoms with Crippen molar-refractivity contribution < 1.29 is 9.53 Å². The number of benzene rings is 1. The number of carbonyl (C=O) groups excluding carboxylic acids is 1. The molecule has 1 aromatic rings. The van der Waals surface area contributed by atoms with Crippen LogP contribution in [0.25, 0.3) is 0 Å². The molecule has 3 nitrogen and oxygen atoms in total. The lowest BCUT2D eigenvalue weighted by atomic mass is 10.2. The molecule has 1 atom stereocenters. The summed E-state index contributed by atoms with van der Waals surface area (Å²) in [5.41, 5.74) is 0.896. The Labute approximate surface area is 102 Å². The Morgan fingerprint density at radius 1 is 1.47 bits per heavy atom. The van der Waals surface area contributed by atoms with Crippen LogP contribution in [0.5, 0.6) is 0 Å². The summed E-state index contributed by atoms with van der Waals surface area (Å²) in [6.07, 6.45) is 3.24. The van der Waals surface area contributed by atoms with Gasteiger partial charge in [0.1, 0.15) is 6.10 Å². The molecule has 3 heteroatoms. The Morgan fingerprint density at radius 2 is 2.24 bits per heavy atom. The maximum atomic E-state index is 12.3. The van der Waals surface area contributed by atoms with E-state index >= 15 is 0 Å². The zero-order chi connectivity index (χ0) is 12.1. The summed E-state index contributed by atoms with van der Waals surface area (Å²) in [4.78, 5) is 14.0. The first-order valence-electron chi connectivity index (χ1n) is 5.92. The van der Waals surface area contributed by atoms with Gasteiger partial charge in [-0.25, -0.2) is 0 Å². The van der Waals surface area contributed by atoms with Crippen LogP contribution in [0, 0.1) is 0 Å². The molecule has 1 amide bonds. The third-order valence-corrected chi connectivity index (χ3v) is 2.85. The molecule has 1 aromatic carbocycles. The molecular formula is C14H17NO2. The van der Waals surface area contributed by atoms with E-state index in [2.05, 4.69) is 6.58 Å². The number of nitrogens with zero attached hydrogens (tertiary/aromatic N) is 1. The van der Waals surface area contributed by atoms with Gasteiger partial charge in [0.05, 0.1) is 0 Å². The van der Waals surface area contributed by atoms with Gasteiger partial charge >= 0.3 is 0 Å². The molecule has 17 heavy (non-hydrogen) atoms. The van der Waals surface area contributed by atoms with Gasteiger partial charge in [0, 0.05) is 18.8 Å². The lowest BCUT2D eigenvalue weighted by molar-refractivity contribution is -0.127. The van der Waals surface area contributed by atoms with E-state index in [0.29, 0.717) is 13.2 Å². The fourth-order valence-corrected chi connectivity index (χ4v) is 2.01. The topological polar surface area (TPSA) is 29.5 Å². The number of amides is 1. The highest BCUT2D eigenvalue weighted by Gasteiger charge is 2.28. The van der Waals surface area contributed by atoms with E-state index in [1.54, 1.807) is 11.0 Å². The molecule has 0 radical (unpaired) electrons. The summed E-state index contributed by atoms with van der Waals surface area (Å²) >= 11 is 0. The second kappa shape index (κ2) is 5.64. The smallest absolute Gasteiger partial charge is 0.256 e. The normalized spacial score (nSPS) is 18.9. The summed E-state index contributed by atoms with van der Waals surface area (Å²) in [7, 11) is 0. The monoisotopic (exact) mass is 231 g/mol. The molecule has 1 saturated heterocycles. The first-order chi connectivity index (χ1) is 8.33. The molecular weight excluding hydrogens is 214 g/mol. The maximum Gasteiger partial charge on any atom is 0.256 e. The third-order valence-electron chi connectivity index (χ3n) is 2.85. The van der Waals surface area contributed by atoms with Gasteiger partial charge in [0.2, 0.25) is 0 Å². The van der Waals surface area contributed by atoms with Crippen molar-refractivity contribution in [2.24, 2.45) is 0 Å². The quantitative estimate of drug-likeness (QED) is 0.745. The largest absolute Gasteiger partial charge is 0.368 e.